The number of phenols is 1. The zero-order valence-corrected chi connectivity index (χ0v) is 40.4. The van der Waals surface area contributed by atoms with Crippen molar-refractivity contribution < 1.29 is 43.6 Å². The number of phenolic OH excluding ortho intramolecular Hbond substituents is 1. The van der Waals surface area contributed by atoms with Gasteiger partial charge in [0, 0.05) is 25.4 Å². The van der Waals surface area contributed by atoms with Crippen molar-refractivity contribution in [2.24, 2.45) is 5.41 Å². The molecule has 16 heteroatoms. The molecule has 1 saturated heterocycles. The Morgan fingerprint density at radius 2 is 1.49 bits per heavy atom. The van der Waals surface area contributed by atoms with E-state index in [1.165, 1.54) is 4.90 Å². The van der Waals surface area contributed by atoms with Crippen LogP contribution in [0.4, 0.5) is 0 Å². The van der Waals surface area contributed by atoms with Gasteiger partial charge in [0.15, 0.2) is 0 Å². The van der Waals surface area contributed by atoms with E-state index in [1.807, 2.05) is 85.8 Å². The van der Waals surface area contributed by atoms with Crippen molar-refractivity contribution in [3.63, 3.8) is 0 Å². The number of thiazole rings is 1. The van der Waals surface area contributed by atoms with Crippen molar-refractivity contribution in [1.82, 2.24) is 25.8 Å². The topological polar surface area (TPSA) is 189 Å². The lowest BCUT2D eigenvalue weighted by Crippen LogP contribution is -2.58. The van der Waals surface area contributed by atoms with Gasteiger partial charge in [-0.05, 0) is 82.0 Å². The van der Waals surface area contributed by atoms with Crippen molar-refractivity contribution in [3.05, 3.63) is 137 Å². The molecule has 0 spiro atoms. The predicted molar refractivity (Wildman–Crippen MR) is 264 cm³/mol. The average molecular weight is 967 g/mol. The monoisotopic (exact) mass is 965 g/mol. The van der Waals surface area contributed by atoms with Crippen LogP contribution < -0.4 is 20.7 Å². The molecule has 6 rings (SSSR count). The summed E-state index contributed by atoms with van der Waals surface area (Å²) in [6.45, 7) is 7.51. The molecular weight excluding hydrogens is 906 g/mol. The minimum Gasteiger partial charge on any atom is -0.508 e. The number of amides is 4. The molecule has 1 fully saturated rings. The maximum absolute atomic E-state index is 14.0. The minimum absolute atomic E-state index is 0.0183. The van der Waals surface area contributed by atoms with Gasteiger partial charge in [-0.2, -0.15) is 0 Å². The molecule has 1 aromatic heterocycles. The first-order chi connectivity index (χ1) is 32.7. The summed E-state index contributed by atoms with van der Waals surface area (Å²) in [6, 6.07) is 30.8. The fourth-order valence-electron chi connectivity index (χ4n) is 7.85. The summed E-state index contributed by atoms with van der Waals surface area (Å²) >= 11 is 7.85. The number of aliphatic hydroxyl groups excluding tert-OH is 1. The van der Waals surface area contributed by atoms with Gasteiger partial charge in [-0.15, -0.1) is 22.9 Å². The number of aromatic nitrogens is 1. The Morgan fingerprint density at radius 1 is 0.838 bits per heavy atom. The van der Waals surface area contributed by atoms with Crippen LogP contribution in [0.2, 0.25) is 0 Å². The third kappa shape index (κ3) is 14.5. The van der Waals surface area contributed by atoms with Gasteiger partial charge in [0.2, 0.25) is 23.6 Å². The molecule has 0 saturated carbocycles. The van der Waals surface area contributed by atoms with Crippen LogP contribution in [-0.4, -0.2) is 114 Å². The summed E-state index contributed by atoms with van der Waals surface area (Å²) in [5, 5.41) is 28.9. The molecule has 360 valence electrons. The first-order valence-corrected chi connectivity index (χ1v) is 24.0. The lowest BCUT2D eigenvalue weighted by Gasteiger charge is -2.35. The van der Waals surface area contributed by atoms with Gasteiger partial charge in [-0.1, -0.05) is 99.6 Å². The number of nitrogens with zero attached hydrogens (tertiary/aromatic N) is 2. The number of allylic oxidation sites excluding steroid dienone is 1. The van der Waals surface area contributed by atoms with Crippen LogP contribution in [0.15, 0.2) is 109 Å². The molecule has 1 aliphatic rings. The van der Waals surface area contributed by atoms with E-state index in [-0.39, 0.29) is 70.7 Å². The lowest BCUT2D eigenvalue weighted by molar-refractivity contribution is -0.144. The number of aryl methyl sites for hydroxylation is 1. The quantitative estimate of drug-likeness (QED) is 0.0282. The number of nitrogens with one attached hydrogen (secondary N) is 3. The number of carbonyl (C=O) groups excluding carboxylic acids is 4. The Bertz CT molecular complexity index is 2480. The number of likely N-dealkylation sites (tertiary alicyclic amines) is 1. The number of hydrogen-bond acceptors (Lipinski definition) is 11. The third-order valence-electron chi connectivity index (χ3n) is 11.3. The molecule has 0 unspecified atom stereocenters. The van der Waals surface area contributed by atoms with Crippen molar-refractivity contribution >= 4 is 57.7 Å². The smallest absolute Gasteiger partial charge is 0.246 e. The normalized spacial score (nSPS) is 15.6. The van der Waals surface area contributed by atoms with Gasteiger partial charge < -0.3 is 45.3 Å². The Labute approximate surface area is 406 Å². The van der Waals surface area contributed by atoms with Crippen LogP contribution in [-0.2, 0) is 35.2 Å². The van der Waals surface area contributed by atoms with Gasteiger partial charge in [-0.3, -0.25) is 19.2 Å². The highest BCUT2D eigenvalue weighted by Gasteiger charge is 2.44. The molecular formula is C52H60ClN5O9S. The van der Waals surface area contributed by atoms with E-state index in [2.05, 4.69) is 33.1 Å². The largest absolute Gasteiger partial charge is 0.508 e. The summed E-state index contributed by atoms with van der Waals surface area (Å²) in [5.41, 5.74) is 8.98. The Kier molecular flexibility index (Phi) is 18.7. The molecule has 68 heavy (non-hydrogen) atoms. The Balaban J connectivity index is 0.894. The second-order valence-electron chi connectivity index (χ2n) is 17.5. The summed E-state index contributed by atoms with van der Waals surface area (Å²) in [6.07, 6.45) is -0.181. The maximum atomic E-state index is 14.0. The highest BCUT2D eigenvalue weighted by atomic mass is 35.5. The molecule has 1 aliphatic heterocycles. The number of aliphatic hydroxyl groups is 1. The number of benzene rings is 4. The number of alkyl halides is 1. The number of halogens is 1. The van der Waals surface area contributed by atoms with Crippen molar-refractivity contribution in [3.8, 4) is 21.9 Å². The summed E-state index contributed by atoms with van der Waals surface area (Å²) in [5.74, 6) is -0.516. The first kappa shape index (κ1) is 51.3. The van der Waals surface area contributed by atoms with E-state index < -0.39 is 41.3 Å². The van der Waals surface area contributed by atoms with Gasteiger partial charge in [-0.25, -0.2) is 4.98 Å². The fourth-order valence-corrected chi connectivity index (χ4v) is 8.85. The van der Waals surface area contributed by atoms with E-state index in [0.717, 1.165) is 49.5 Å². The van der Waals surface area contributed by atoms with Gasteiger partial charge in [0.05, 0.1) is 41.9 Å². The SMILES string of the molecule is Cc1ncsc1-c1ccc(CNC(=O)[C@@H]2C[C@@H](O)CN2C(=O)[C@@H](NC(=O)COCCOCC(=O)NCCOc2ccc(C(=C(CCCl)c3ccccc3)c3ccc(O)cc3)cc2)C(C)(C)C)cc1. The maximum Gasteiger partial charge on any atom is 0.246 e. The molecule has 0 aliphatic carbocycles. The standard InChI is InChI=1S/C52H60ClN5O9S/c1-34-48(68-33-56-34)39-12-10-35(11-13-39)29-55-50(63)44-28-41(60)30-58(44)51(64)49(52(2,3)4)57-46(62)32-66-27-26-65-31-45(61)54-24-25-67-42-20-16-38(17-21-42)47(37-14-18-40(59)19-15-37)43(22-23-53)36-8-6-5-7-9-36/h5-21,33,41,44,49,59-60H,22-32H2,1-4H3,(H,54,61)(H,55,63)(H,57,62)/t41-,44+,49-/m1/s1. The summed E-state index contributed by atoms with van der Waals surface area (Å²) in [4.78, 5) is 59.5. The molecule has 3 atom stereocenters. The predicted octanol–water partition coefficient (Wildman–Crippen LogP) is 6.75. The first-order valence-electron chi connectivity index (χ1n) is 22.6. The van der Waals surface area contributed by atoms with Crippen LogP contribution in [0, 0.1) is 12.3 Å². The van der Waals surface area contributed by atoms with Crippen LogP contribution in [0.1, 0.15) is 61.6 Å². The molecule has 0 radical (unpaired) electrons. The van der Waals surface area contributed by atoms with Gasteiger partial charge >= 0.3 is 0 Å². The van der Waals surface area contributed by atoms with Crippen LogP contribution in [0.3, 0.4) is 0 Å². The molecule has 5 N–H and O–H groups in total. The van der Waals surface area contributed by atoms with E-state index >= 15 is 0 Å². The van der Waals surface area contributed by atoms with Crippen LogP contribution >= 0.6 is 22.9 Å². The lowest BCUT2D eigenvalue weighted by atomic mass is 9.85. The number of rotatable bonds is 22. The second-order valence-corrected chi connectivity index (χ2v) is 18.7. The fraction of sp³-hybridized carbons (Fsp3) is 0.365. The van der Waals surface area contributed by atoms with Crippen LogP contribution in [0.5, 0.6) is 11.5 Å². The summed E-state index contributed by atoms with van der Waals surface area (Å²) < 4.78 is 16.8. The number of hydrogen-bond donors (Lipinski definition) is 5. The van der Waals surface area contributed by atoms with E-state index in [9.17, 15) is 29.4 Å². The molecule has 0 bridgehead atoms. The van der Waals surface area contributed by atoms with E-state index in [1.54, 1.807) is 49.8 Å². The van der Waals surface area contributed by atoms with Gasteiger partial charge in [0.1, 0.15) is 43.4 Å². The molecule has 14 nitrogen and oxygen atoms in total. The zero-order chi connectivity index (χ0) is 48.6. The second kappa shape index (κ2) is 24.8. The van der Waals surface area contributed by atoms with Crippen molar-refractivity contribution in [2.45, 2.75) is 65.3 Å². The van der Waals surface area contributed by atoms with E-state index in [0.29, 0.717) is 18.1 Å². The summed E-state index contributed by atoms with van der Waals surface area (Å²) in [7, 11) is 0. The zero-order valence-electron chi connectivity index (χ0n) is 38.8. The van der Waals surface area contributed by atoms with Crippen LogP contribution in [0.25, 0.3) is 21.6 Å². The molecule has 2 heterocycles. The highest BCUT2D eigenvalue weighted by Crippen LogP contribution is 2.36. The Morgan fingerprint density at radius 3 is 2.10 bits per heavy atom. The number of aromatic hydroxyl groups is 1. The number of β-amino-alcohol motifs (C(OH)–C–C–N with tert-alkyl or cyclic N) is 1. The number of carbonyl (C=O) groups is 4. The molecule has 4 amide bonds. The highest BCUT2D eigenvalue weighted by molar-refractivity contribution is 7.13. The Hall–Kier alpha value is -6.10. The minimum atomic E-state index is -1.01. The van der Waals surface area contributed by atoms with Crippen molar-refractivity contribution in [1.29, 1.82) is 0 Å². The van der Waals surface area contributed by atoms with Crippen molar-refractivity contribution in [2.75, 3.05) is 52.0 Å². The average Bonchev–Trinajstić information content (AvgIpc) is 3.95. The molecule has 5 aromatic rings. The van der Waals surface area contributed by atoms with E-state index in [4.69, 9.17) is 25.8 Å². The number of ether oxygens (including phenoxy) is 3. The van der Waals surface area contributed by atoms with Gasteiger partial charge in [0.25, 0.3) is 0 Å². The molecule has 4 aromatic carbocycles. The third-order valence-corrected chi connectivity index (χ3v) is 12.5.